The van der Waals surface area contributed by atoms with Crippen molar-refractivity contribution < 1.29 is 14.0 Å². The monoisotopic (exact) mass is 420 g/mol. The minimum atomic E-state index is -0.505. The lowest BCUT2D eigenvalue weighted by atomic mass is 10.0. The molecule has 6 heteroatoms. The van der Waals surface area contributed by atoms with Crippen LogP contribution in [0, 0.1) is 19.7 Å². The number of carbonyl (C=O) groups is 2. The lowest BCUT2D eigenvalue weighted by molar-refractivity contribution is -0.120. The van der Waals surface area contributed by atoms with Crippen molar-refractivity contribution in [3.05, 3.63) is 100.0 Å². The van der Waals surface area contributed by atoms with Gasteiger partial charge in [-0.3, -0.25) is 9.59 Å². The first-order valence-corrected chi connectivity index (χ1v) is 9.72. The fourth-order valence-electron chi connectivity index (χ4n) is 3.32. The number of amides is 2. The number of anilines is 2. The van der Waals surface area contributed by atoms with Crippen LogP contribution >= 0.6 is 11.6 Å². The van der Waals surface area contributed by atoms with E-state index in [1.165, 1.54) is 24.3 Å². The lowest BCUT2D eigenvalue weighted by Gasteiger charge is -2.15. The molecule has 1 aliphatic rings. The number of halogens is 2. The van der Waals surface area contributed by atoms with Gasteiger partial charge in [0.15, 0.2) is 0 Å². The van der Waals surface area contributed by atoms with Crippen LogP contribution in [0.4, 0.5) is 15.8 Å². The van der Waals surface area contributed by atoms with Crippen LogP contribution in [-0.4, -0.2) is 11.8 Å². The SMILES string of the molecule is Cc1ccc(NC2=C(c3ccc(Cl)cc3)C(=O)N(c3ccc(F)cc3)C2=O)cc1C. The summed E-state index contributed by atoms with van der Waals surface area (Å²) in [6, 6.07) is 17.7. The maximum atomic E-state index is 13.4. The summed E-state index contributed by atoms with van der Waals surface area (Å²) in [6.07, 6.45) is 0. The van der Waals surface area contributed by atoms with Crippen LogP contribution in [0.2, 0.25) is 5.02 Å². The summed E-state index contributed by atoms with van der Waals surface area (Å²) in [5, 5.41) is 3.65. The predicted octanol–water partition coefficient (Wildman–Crippen LogP) is 5.49. The molecule has 0 saturated heterocycles. The molecule has 2 amide bonds. The summed E-state index contributed by atoms with van der Waals surface area (Å²) in [5.74, 6) is -1.44. The van der Waals surface area contributed by atoms with Gasteiger partial charge < -0.3 is 5.32 Å². The van der Waals surface area contributed by atoms with Gasteiger partial charge in [0.1, 0.15) is 11.5 Å². The molecule has 0 saturated carbocycles. The molecule has 1 N–H and O–H groups in total. The highest BCUT2D eigenvalue weighted by molar-refractivity contribution is 6.46. The Hall–Kier alpha value is -3.44. The van der Waals surface area contributed by atoms with Crippen molar-refractivity contribution in [2.45, 2.75) is 13.8 Å². The smallest absolute Gasteiger partial charge is 0.282 e. The summed E-state index contributed by atoms with van der Waals surface area (Å²) in [6.45, 7) is 3.97. The zero-order chi connectivity index (χ0) is 21.4. The minimum Gasteiger partial charge on any atom is -0.350 e. The highest BCUT2D eigenvalue weighted by Crippen LogP contribution is 2.34. The summed E-state index contributed by atoms with van der Waals surface area (Å²) in [5.41, 5.74) is 4.13. The van der Waals surface area contributed by atoms with E-state index in [-0.39, 0.29) is 11.3 Å². The molecule has 0 unspecified atom stereocenters. The fourth-order valence-corrected chi connectivity index (χ4v) is 3.44. The quantitative estimate of drug-likeness (QED) is 0.567. The molecule has 4 nitrogen and oxygen atoms in total. The third-order valence-corrected chi connectivity index (χ3v) is 5.33. The Bertz CT molecular complexity index is 1180. The molecule has 30 heavy (non-hydrogen) atoms. The maximum absolute atomic E-state index is 13.4. The Balaban J connectivity index is 1.82. The lowest BCUT2D eigenvalue weighted by Crippen LogP contribution is -2.32. The number of carbonyl (C=O) groups excluding carboxylic acids is 2. The minimum absolute atomic E-state index is 0.162. The molecule has 4 rings (SSSR count). The fraction of sp³-hybridized carbons (Fsp3) is 0.0833. The van der Waals surface area contributed by atoms with E-state index in [0.29, 0.717) is 22.0 Å². The van der Waals surface area contributed by atoms with Crippen molar-refractivity contribution >= 4 is 40.4 Å². The number of hydrogen-bond acceptors (Lipinski definition) is 3. The number of rotatable bonds is 4. The van der Waals surface area contributed by atoms with E-state index in [1.807, 2.05) is 32.0 Å². The van der Waals surface area contributed by atoms with E-state index in [2.05, 4.69) is 5.32 Å². The van der Waals surface area contributed by atoms with Gasteiger partial charge in [0, 0.05) is 10.7 Å². The topological polar surface area (TPSA) is 49.4 Å². The molecule has 0 radical (unpaired) electrons. The molecule has 0 aromatic heterocycles. The van der Waals surface area contributed by atoms with Crippen molar-refractivity contribution in [1.82, 2.24) is 0 Å². The van der Waals surface area contributed by atoms with Gasteiger partial charge >= 0.3 is 0 Å². The molecule has 0 bridgehead atoms. The summed E-state index contributed by atoms with van der Waals surface area (Å²) >= 11 is 5.99. The van der Waals surface area contributed by atoms with Gasteiger partial charge in [0.2, 0.25) is 0 Å². The van der Waals surface area contributed by atoms with Crippen LogP contribution in [-0.2, 0) is 9.59 Å². The summed E-state index contributed by atoms with van der Waals surface area (Å²) < 4.78 is 13.4. The molecule has 0 atom stereocenters. The number of nitrogens with zero attached hydrogens (tertiary/aromatic N) is 1. The molecule has 0 spiro atoms. The number of nitrogens with one attached hydrogen (secondary N) is 1. The first-order chi connectivity index (χ1) is 14.3. The highest BCUT2D eigenvalue weighted by Gasteiger charge is 2.40. The van der Waals surface area contributed by atoms with Crippen molar-refractivity contribution in [3.8, 4) is 0 Å². The molecular weight excluding hydrogens is 403 g/mol. The molecular formula is C24H18ClFN2O2. The second kappa shape index (κ2) is 7.76. The Kier molecular flexibility index (Phi) is 5.14. The van der Waals surface area contributed by atoms with E-state index in [0.717, 1.165) is 16.0 Å². The number of imide groups is 1. The first-order valence-electron chi connectivity index (χ1n) is 9.34. The van der Waals surface area contributed by atoms with Crippen LogP contribution in [0.15, 0.2) is 72.4 Å². The van der Waals surface area contributed by atoms with Crippen LogP contribution < -0.4 is 10.2 Å². The van der Waals surface area contributed by atoms with E-state index in [1.54, 1.807) is 24.3 Å². The van der Waals surface area contributed by atoms with Crippen LogP contribution in [0.3, 0.4) is 0 Å². The standard InChI is InChI=1S/C24H18ClFN2O2/c1-14-3-10-19(13-15(14)2)27-22-21(16-4-6-17(25)7-5-16)23(29)28(24(22)30)20-11-8-18(26)9-12-20/h3-13,27H,1-2H3. The average molecular weight is 421 g/mol. The van der Waals surface area contributed by atoms with Gasteiger partial charge in [-0.2, -0.15) is 0 Å². The van der Waals surface area contributed by atoms with E-state index < -0.39 is 17.6 Å². The molecule has 1 aliphatic heterocycles. The third-order valence-electron chi connectivity index (χ3n) is 5.08. The van der Waals surface area contributed by atoms with Gasteiger partial charge in [-0.25, -0.2) is 9.29 Å². The van der Waals surface area contributed by atoms with Crippen LogP contribution in [0.25, 0.3) is 5.57 Å². The number of aryl methyl sites for hydroxylation is 2. The molecule has 1 heterocycles. The van der Waals surface area contributed by atoms with Crippen LogP contribution in [0.1, 0.15) is 16.7 Å². The van der Waals surface area contributed by atoms with Gasteiger partial charge in [0.05, 0.1) is 11.3 Å². The highest BCUT2D eigenvalue weighted by atomic mass is 35.5. The Labute approximate surface area is 178 Å². The maximum Gasteiger partial charge on any atom is 0.282 e. The molecule has 3 aromatic rings. The second-order valence-electron chi connectivity index (χ2n) is 7.10. The number of hydrogen-bond donors (Lipinski definition) is 1. The average Bonchev–Trinajstić information content (AvgIpc) is 2.96. The van der Waals surface area contributed by atoms with Crippen LogP contribution in [0.5, 0.6) is 0 Å². The van der Waals surface area contributed by atoms with Gasteiger partial charge in [0.25, 0.3) is 11.8 Å². The van der Waals surface area contributed by atoms with Gasteiger partial charge in [-0.1, -0.05) is 29.8 Å². The van der Waals surface area contributed by atoms with Crippen molar-refractivity contribution in [2.75, 3.05) is 10.2 Å². The van der Waals surface area contributed by atoms with Crippen molar-refractivity contribution in [1.29, 1.82) is 0 Å². The second-order valence-corrected chi connectivity index (χ2v) is 7.54. The van der Waals surface area contributed by atoms with Gasteiger partial charge in [-0.05, 0) is 79.1 Å². The molecule has 0 fully saturated rings. The first kappa shape index (κ1) is 19.9. The summed E-state index contributed by atoms with van der Waals surface area (Å²) in [7, 11) is 0. The zero-order valence-electron chi connectivity index (χ0n) is 16.4. The molecule has 0 aliphatic carbocycles. The Morgan fingerprint density at radius 3 is 2.13 bits per heavy atom. The Morgan fingerprint density at radius 1 is 0.833 bits per heavy atom. The number of benzene rings is 3. The van der Waals surface area contributed by atoms with Gasteiger partial charge in [-0.15, -0.1) is 0 Å². The zero-order valence-corrected chi connectivity index (χ0v) is 17.1. The summed E-state index contributed by atoms with van der Waals surface area (Å²) in [4.78, 5) is 27.6. The molecule has 150 valence electrons. The molecule has 3 aromatic carbocycles. The predicted molar refractivity (Wildman–Crippen MR) is 117 cm³/mol. The normalized spacial score (nSPS) is 13.9. The van der Waals surface area contributed by atoms with E-state index in [9.17, 15) is 14.0 Å². The largest absolute Gasteiger partial charge is 0.350 e. The van der Waals surface area contributed by atoms with E-state index >= 15 is 0 Å². The van der Waals surface area contributed by atoms with Crippen molar-refractivity contribution in [2.24, 2.45) is 0 Å². The Morgan fingerprint density at radius 2 is 1.50 bits per heavy atom. The van der Waals surface area contributed by atoms with Crippen molar-refractivity contribution in [3.63, 3.8) is 0 Å². The third kappa shape index (κ3) is 3.60. The van der Waals surface area contributed by atoms with E-state index in [4.69, 9.17) is 11.6 Å².